The number of anilines is 1. The molecule has 1 saturated carbocycles. The van der Waals surface area contributed by atoms with E-state index in [1.807, 2.05) is 36.4 Å². The zero-order valence-corrected chi connectivity index (χ0v) is 19.6. The number of ketones is 1. The number of hydrogen-bond acceptors (Lipinski definition) is 5. The molecule has 0 spiro atoms. The van der Waals surface area contributed by atoms with Crippen molar-refractivity contribution >= 4 is 21.5 Å². The number of carbonyl (C=O) groups excluding carboxylic acids is 1. The van der Waals surface area contributed by atoms with Crippen LogP contribution in [0.3, 0.4) is 0 Å². The number of hydrogen-bond donors (Lipinski definition) is 0. The van der Waals surface area contributed by atoms with Crippen LogP contribution in [0.15, 0.2) is 71.1 Å². The number of nitrogens with zero attached hydrogens (tertiary/aromatic N) is 2. The van der Waals surface area contributed by atoms with Gasteiger partial charge in [0.15, 0.2) is 0 Å². The molecule has 0 N–H and O–H groups in total. The molecule has 1 aliphatic carbocycles. The molecule has 5 rings (SSSR count). The third kappa shape index (κ3) is 4.50. The highest BCUT2D eigenvalue weighted by molar-refractivity contribution is 7.89. The Morgan fingerprint density at radius 3 is 2.42 bits per heavy atom. The topological polar surface area (TPSA) is 66.9 Å². The van der Waals surface area contributed by atoms with Crippen LogP contribution in [0.25, 0.3) is 0 Å². The zero-order chi connectivity index (χ0) is 22.9. The Morgan fingerprint density at radius 1 is 0.970 bits per heavy atom. The average Bonchev–Trinajstić information content (AvgIpc) is 2.85. The molecule has 1 atom stereocenters. The van der Waals surface area contributed by atoms with Crippen LogP contribution in [-0.2, 0) is 26.0 Å². The summed E-state index contributed by atoms with van der Waals surface area (Å²) in [5.74, 6) is 0.250. The van der Waals surface area contributed by atoms with E-state index in [1.165, 1.54) is 5.56 Å². The first-order valence-electron chi connectivity index (χ1n) is 11.6. The van der Waals surface area contributed by atoms with Gasteiger partial charge < -0.3 is 9.64 Å². The minimum Gasteiger partial charge on any atom is -0.378 e. The van der Waals surface area contributed by atoms with Crippen molar-refractivity contribution in [1.82, 2.24) is 4.31 Å². The SMILES string of the molecule is O=C1CCC2(Cc3ccccc3)CN(S(=O)(=O)c3ccc(N4CCOCC4)cc3)CC=C2C1. The molecule has 6 nitrogen and oxygen atoms in total. The van der Waals surface area contributed by atoms with Crippen molar-refractivity contribution < 1.29 is 17.9 Å². The van der Waals surface area contributed by atoms with Crippen molar-refractivity contribution in [2.45, 2.75) is 30.6 Å². The molecule has 1 saturated heterocycles. The van der Waals surface area contributed by atoms with Gasteiger partial charge in [-0.05, 0) is 42.7 Å². The van der Waals surface area contributed by atoms with Gasteiger partial charge >= 0.3 is 0 Å². The Hall–Kier alpha value is -2.48. The molecule has 2 aliphatic heterocycles. The molecule has 2 fully saturated rings. The number of morpholine rings is 1. The second kappa shape index (κ2) is 9.05. The quantitative estimate of drug-likeness (QED) is 0.632. The summed E-state index contributed by atoms with van der Waals surface area (Å²) in [4.78, 5) is 14.7. The Kier molecular flexibility index (Phi) is 6.12. The summed E-state index contributed by atoms with van der Waals surface area (Å²) in [5, 5.41) is 0. The van der Waals surface area contributed by atoms with Gasteiger partial charge in [-0.1, -0.05) is 42.0 Å². The number of Topliss-reactive ketones (excluding diaryl/α,β-unsaturated/α-hetero) is 1. The molecule has 1 unspecified atom stereocenters. The van der Waals surface area contributed by atoms with Crippen LogP contribution in [0, 0.1) is 5.41 Å². The Balaban J connectivity index is 1.41. The second-order valence-corrected chi connectivity index (χ2v) is 11.2. The number of benzene rings is 2. The predicted octanol–water partition coefficient (Wildman–Crippen LogP) is 3.44. The largest absolute Gasteiger partial charge is 0.378 e. The smallest absolute Gasteiger partial charge is 0.243 e. The maximum absolute atomic E-state index is 13.6. The fourth-order valence-electron chi connectivity index (χ4n) is 5.34. The highest BCUT2D eigenvalue weighted by Crippen LogP contribution is 2.46. The van der Waals surface area contributed by atoms with Crippen molar-refractivity contribution in [3.05, 3.63) is 71.8 Å². The molecule has 33 heavy (non-hydrogen) atoms. The third-order valence-electron chi connectivity index (χ3n) is 7.21. The summed E-state index contributed by atoms with van der Waals surface area (Å²) in [6, 6.07) is 17.4. The minimum absolute atomic E-state index is 0.250. The van der Waals surface area contributed by atoms with Gasteiger partial charge in [-0.15, -0.1) is 0 Å². The number of ether oxygens (including phenoxy) is 1. The van der Waals surface area contributed by atoms with Crippen LogP contribution in [0.4, 0.5) is 5.69 Å². The van der Waals surface area contributed by atoms with Gasteiger partial charge in [0.1, 0.15) is 5.78 Å². The van der Waals surface area contributed by atoms with E-state index >= 15 is 0 Å². The van der Waals surface area contributed by atoms with E-state index in [0.717, 1.165) is 30.8 Å². The van der Waals surface area contributed by atoms with Crippen LogP contribution >= 0.6 is 0 Å². The molecule has 3 aliphatic rings. The van der Waals surface area contributed by atoms with Crippen LogP contribution in [0.2, 0.25) is 0 Å². The molecule has 0 bridgehead atoms. The van der Waals surface area contributed by atoms with Gasteiger partial charge in [0, 0.05) is 50.1 Å². The van der Waals surface area contributed by atoms with E-state index in [1.54, 1.807) is 16.4 Å². The van der Waals surface area contributed by atoms with Gasteiger partial charge in [0.05, 0.1) is 18.1 Å². The number of sulfonamides is 1. The molecule has 0 aromatic heterocycles. The van der Waals surface area contributed by atoms with Crippen LogP contribution in [0.5, 0.6) is 0 Å². The lowest BCUT2D eigenvalue weighted by Crippen LogP contribution is -2.49. The fraction of sp³-hybridized carbons (Fsp3) is 0.423. The van der Waals surface area contributed by atoms with Crippen LogP contribution in [0.1, 0.15) is 24.8 Å². The molecular formula is C26H30N2O4S. The van der Waals surface area contributed by atoms with Gasteiger partial charge in [0.2, 0.25) is 10.0 Å². The summed E-state index contributed by atoms with van der Waals surface area (Å²) in [6.07, 6.45) is 4.37. The molecule has 2 aromatic rings. The fourth-order valence-corrected chi connectivity index (χ4v) is 6.80. The van der Waals surface area contributed by atoms with Crippen molar-refractivity contribution in [3.63, 3.8) is 0 Å². The lowest BCUT2D eigenvalue weighted by atomic mass is 9.65. The van der Waals surface area contributed by atoms with E-state index in [4.69, 9.17) is 4.74 Å². The summed E-state index contributed by atoms with van der Waals surface area (Å²) in [5.41, 5.74) is 2.97. The molecule has 2 aromatic carbocycles. The Morgan fingerprint density at radius 2 is 1.70 bits per heavy atom. The normalized spacial score (nSPS) is 24.3. The van der Waals surface area contributed by atoms with Crippen molar-refractivity contribution in [1.29, 1.82) is 0 Å². The zero-order valence-electron chi connectivity index (χ0n) is 18.8. The lowest BCUT2D eigenvalue weighted by Gasteiger charge is -2.45. The molecule has 2 heterocycles. The Labute approximate surface area is 195 Å². The van der Waals surface area contributed by atoms with Crippen LogP contribution in [-0.4, -0.2) is 57.9 Å². The van der Waals surface area contributed by atoms with Crippen molar-refractivity contribution in [3.8, 4) is 0 Å². The van der Waals surface area contributed by atoms with E-state index < -0.39 is 10.0 Å². The van der Waals surface area contributed by atoms with Crippen LogP contribution < -0.4 is 4.90 Å². The average molecular weight is 467 g/mol. The first kappa shape index (κ1) is 22.3. The van der Waals surface area contributed by atoms with Gasteiger partial charge in [-0.25, -0.2) is 8.42 Å². The van der Waals surface area contributed by atoms with Crippen molar-refractivity contribution in [2.24, 2.45) is 5.41 Å². The third-order valence-corrected chi connectivity index (χ3v) is 9.03. The minimum atomic E-state index is -3.64. The summed E-state index contributed by atoms with van der Waals surface area (Å²) < 4.78 is 34.2. The van der Waals surface area contributed by atoms with Gasteiger partial charge in [-0.2, -0.15) is 4.31 Å². The molecule has 174 valence electrons. The predicted molar refractivity (Wildman–Crippen MR) is 128 cm³/mol. The number of fused-ring (bicyclic) bond motifs is 1. The van der Waals surface area contributed by atoms with Crippen molar-refractivity contribution in [2.75, 3.05) is 44.3 Å². The van der Waals surface area contributed by atoms with E-state index in [2.05, 4.69) is 17.0 Å². The molecule has 7 heteroatoms. The van der Waals surface area contributed by atoms with E-state index in [9.17, 15) is 13.2 Å². The van der Waals surface area contributed by atoms with Gasteiger partial charge in [-0.3, -0.25) is 4.79 Å². The van der Waals surface area contributed by atoms with Gasteiger partial charge in [0.25, 0.3) is 0 Å². The molecule has 0 amide bonds. The molecular weight excluding hydrogens is 436 g/mol. The van der Waals surface area contributed by atoms with E-state index in [-0.39, 0.29) is 11.2 Å². The monoisotopic (exact) mass is 466 g/mol. The first-order chi connectivity index (χ1) is 16.0. The summed E-state index contributed by atoms with van der Waals surface area (Å²) in [7, 11) is -3.64. The lowest BCUT2D eigenvalue weighted by molar-refractivity contribution is -0.120. The number of rotatable bonds is 5. The molecule has 0 radical (unpaired) electrons. The maximum Gasteiger partial charge on any atom is 0.243 e. The summed E-state index contributed by atoms with van der Waals surface area (Å²) in [6.45, 7) is 3.73. The maximum atomic E-state index is 13.6. The number of carbonyl (C=O) groups is 1. The first-order valence-corrected chi connectivity index (χ1v) is 13.1. The Bertz CT molecular complexity index is 1140. The van der Waals surface area contributed by atoms with E-state index in [0.29, 0.717) is 50.5 Å². The standard InChI is InChI=1S/C26H30N2O4S/c29-24-10-12-26(19-21-4-2-1-3-5-21)20-28(13-11-22(26)18-24)33(30,31)25-8-6-23(7-9-25)27-14-16-32-17-15-27/h1-9,11H,10,12-20H2. The highest BCUT2D eigenvalue weighted by atomic mass is 32.2. The highest BCUT2D eigenvalue weighted by Gasteiger charge is 2.45. The second-order valence-electron chi connectivity index (χ2n) is 9.28. The summed E-state index contributed by atoms with van der Waals surface area (Å²) >= 11 is 0.